The lowest BCUT2D eigenvalue weighted by Crippen LogP contribution is -2.50. The maximum Gasteiger partial charge on any atom is 0.309 e. The lowest BCUT2D eigenvalue weighted by molar-refractivity contribution is -0.139. The fourth-order valence-electron chi connectivity index (χ4n) is 3.81. The van der Waals surface area contributed by atoms with E-state index in [1.165, 1.54) is 24.0 Å². The molecule has 0 heterocycles. The summed E-state index contributed by atoms with van der Waals surface area (Å²) in [6, 6.07) is 8.04. The number of amides is 2. The number of fused-ring (bicyclic) bond motifs is 1. The van der Waals surface area contributed by atoms with Gasteiger partial charge in [-0.15, -0.1) is 0 Å². The molecule has 2 aliphatic carbocycles. The lowest BCUT2D eigenvalue weighted by Gasteiger charge is -2.33. The molecule has 26 heavy (non-hydrogen) atoms. The third kappa shape index (κ3) is 4.94. The molecule has 1 aromatic rings. The van der Waals surface area contributed by atoms with E-state index in [4.69, 9.17) is 0 Å². The molecule has 0 bridgehead atoms. The number of benzene rings is 1. The van der Waals surface area contributed by atoms with Crippen LogP contribution in [0.15, 0.2) is 35.9 Å². The predicted molar refractivity (Wildman–Crippen MR) is 101 cm³/mol. The summed E-state index contributed by atoms with van der Waals surface area (Å²) in [5, 5.41) is 16.0. The van der Waals surface area contributed by atoms with Crippen LogP contribution in [0.2, 0.25) is 0 Å². The van der Waals surface area contributed by atoms with Gasteiger partial charge in [-0.25, -0.2) is 0 Å². The van der Waals surface area contributed by atoms with Crippen molar-refractivity contribution in [1.29, 1.82) is 0 Å². The number of allylic oxidation sites excluding steroid dienone is 1. The van der Waals surface area contributed by atoms with E-state index in [1.54, 1.807) is 0 Å². The van der Waals surface area contributed by atoms with Crippen LogP contribution in [-0.2, 0) is 22.4 Å². The number of hydrogen-bond donors (Lipinski definition) is 3. The number of hydrogen-bond acceptors (Lipinski definition) is 3. The number of aliphatic hydroxyl groups is 1. The molecule has 1 atom stereocenters. The molecule has 0 fully saturated rings. The van der Waals surface area contributed by atoms with Crippen LogP contribution >= 0.6 is 0 Å². The van der Waals surface area contributed by atoms with E-state index in [0.717, 1.165) is 31.2 Å². The van der Waals surface area contributed by atoms with Crippen molar-refractivity contribution in [2.45, 2.75) is 57.0 Å². The van der Waals surface area contributed by atoms with Crippen molar-refractivity contribution < 1.29 is 14.7 Å². The van der Waals surface area contributed by atoms with E-state index in [-0.39, 0.29) is 6.54 Å². The predicted octanol–water partition coefficient (Wildman–Crippen LogP) is 2.03. The molecule has 0 radical (unpaired) electrons. The van der Waals surface area contributed by atoms with E-state index in [0.29, 0.717) is 19.4 Å². The Morgan fingerprint density at radius 3 is 2.58 bits per heavy atom. The van der Waals surface area contributed by atoms with Gasteiger partial charge in [0.15, 0.2) is 0 Å². The Morgan fingerprint density at radius 1 is 1.04 bits per heavy atom. The average Bonchev–Trinajstić information content (AvgIpc) is 2.67. The largest absolute Gasteiger partial charge is 0.388 e. The van der Waals surface area contributed by atoms with Gasteiger partial charge in [-0.05, 0) is 56.1 Å². The first kappa shape index (κ1) is 18.6. The van der Waals surface area contributed by atoms with Gasteiger partial charge in [0.1, 0.15) is 0 Å². The second-order valence-electron chi connectivity index (χ2n) is 7.47. The highest BCUT2D eigenvalue weighted by molar-refractivity contribution is 6.35. The highest BCUT2D eigenvalue weighted by Gasteiger charge is 2.32. The third-order valence-electron chi connectivity index (χ3n) is 5.40. The molecule has 0 unspecified atom stereocenters. The van der Waals surface area contributed by atoms with Crippen LogP contribution < -0.4 is 10.6 Å². The van der Waals surface area contributed by atoms with E-state index in [2.05, 4.69) is 22.8 Å². The summed E-state index contributed by atoms with van der Waals surface area (Å²) in [7, 11) is 0. The Hall–Kier alpha value is -2.14. The number of rotatable bonds is 5. The number of aryl methyl sites for hydroxylation is 1. The first-order valence-electron chi connectivity index (χ1n) is 9.59. The van der Waals surface area contributed by atoms with E-state index in [1.807, 2.05) is 18.2 Å². The van der Waals surface area contributed by atoms with Crippen LogP contribution in [-0.4, -0.2) is 35.6 Å². The maximum absolute atomic E-state index is 12.0. The zero-order valence-corrected chi connectivity index (χ0v) is 15.2. The smallest absolute Gasteiger partial charge is 0.309 e. The summed E-state index contributed by atoms with van der Waals surface area (Å²) >= 11 is 0. The SMILES string of the molecule is O=C(NCCC1=CCCCC1)C(=O)NC[C@]1(O)CCc2ccccc2C1. The quantitative estimate of drug-likeness (QED) is 0.558. The van der Waals surface area contributed by atoms with Crippen LogP contribution in [0.4, 0.5) is 0 Å². The molecular weight excluding hydrogens is 328 g/mol. The maximum atomic E-state index is 12.0. The van der Waals surface area contributed by atoms with Gasteiger partial charge in [-0.3, -0.25) is 9.59 Å². The Morgan fingerprint density at radius 2 is 1.81 bits per heavy atom. The van der Waals surface area contributed by atoms with Crippen molar-refractivity contribution in [2.24, 2.45) is 0 Å². The molecule has 5 nitrogen and oxygen atoms in total. The molecule has 3 rings (SSSR count). The Kier molecular flexibility index (Phi) is 6.09. The summed E-state index contributed by atoms with van der Waals surface area (Å²) in [4.78, 5) is 23.9. The van der Waals surface area contributed by atoms with Gasteiger partial charge >= 0.3 is 11.8 Å². The molecule has 0 saturated heterocycles. The molecule has 0 saturated carbocycles. The van der Waals surface area contributed by atoms with Crippen molar-refractivity contribution in [1.82, 2.24) is 10.6 Å². The van der Waals surface area contributed by atoms with Crippen LogP contribution in [0.25, 0.3) is 0 Å². The molecule has 0 spiro atoms. The first-order valence-corrected chi connectivity index (χ1v) is 9.59. The highest BCUT2D eigenvalue weighted by atomic mass is 16.3. The molecule has 2 aliphatic rings. The molecule has 5 heteroatoms. The topological polar surface area (TPSA) is 78.4 Å². The molecular formula is C21H28N2O3. The summed E-state index contributed by atoms with van der Waals surface area (Å²) in [6.07, 6.45) is 9.57. The summed E-state index contributed by atoms with van der Waals surface area (Å²) < 4.78 is 0. The van der Waals surface area contributed by atoms with Crippen molar-refractivity contribution in [3.05, 3.63) is 47.0 Å². The minimum absolute atomic E-state index is 0.0960. The van der Waals surface area contributed by atoms with Gasteiger partial charge in [0.05, 0.1) is 5.60 Å². The molecule has 0 aromatic heterocycles. The summed E-state index contributed by atoms with van der Waals surface area (Å²) in [5.74, 6) is -1.30. The normalized spacial score (nSPS) is 22.1. The van der Waals surface area contributed by atoms with Gasteiger partial charge in [0.25, 0.3) is 0 Å². The Labute approximate surface area is 154 Å². The zero-order chi connectivity index (χ0) is 18.4. The van der Waals surface area contributed by atoms with Crippen molar-refractivity contribution in [3.63, 3.8) is 0 Å². The van der Waals surface area contributed by atoms with Gasteiger partial charge in [-0.2, -0.15) is 0 Å². The number of carbonyl (C=O) groups excluding carboxylic acids is 2. The Bertz CT molecular complexity index is 698. The summed E-state index contributed by atoms with van der Waals surface area (Å²) in [5.41, 5.74) is 2.74. The number of nitrogens with one attached hydrogen (secondary N) is 2. The van der Waals surface area contributed by atoms with Gasteiger partial charge in [-0.1, -0.05) is 35.9 Å². The fourth-order valence-corrected chi connectivity index (χ4v) is 3.81. The van der Waals surface area contributed by atoms with Gasteiger partial charge in [0.2, 0.25) is 0 Å². The fraction of sp³-hybridized carbons (Fsp3) is 0.524. The molecule has 140 valence electrons. The van der Waals surface area contributed by atoms with E-state index >= 15 is 0 Å². The van der Waals surface area contributed by atoms with Gasteiger partial charge in [0, 0.05) is 19.5 Å². The minimum atomic E-state index is -0.989. The van der Waals surface area contributed by atoms with Crippen LogP contribution in [0.5, 0.6) is 0 Å². The average molecular weight is 356 g/mol. The van der Waals surface area contributed by atoms with Crippen LogP contribution in [0, 0.1) is 0 Å². The van der Waals surface area contributed by atoms with Crippen molar-refractivity contribution in [3.8, 4) is 0 Å². The van der Waals surface area contributed by atoms with E-state index in [9.17, 15) is 14.7 Å². The second kappa shape index (κ2) is 8.49. The zero-order valence-electron chi connectivity index (χ0n) is 15.2. The first-order chi connectivity index (χ1) is 12.6. The van der Waals surface area contributed by atoms with Crippen LogP contribution in [0.3, 0.4) is 0 Å². The standard InChI is InChI=1S/C21H28N2O3/c24-19(22-13-11-16-6-2-1-3-7-16)20(25)23-15-21(26)12-10-17-8-4-5-9-18(17)14-21/h4-6,8-9,26H,1-3,7,10-15H2,(H,22,24)(H,23,25)/t21-/m0/s1. The molecule has 3 N–H and O–H groups in total. The highest BCUT2D eigenvalue weighted by Crippen LogP contribution is 2.28. The number of carbonyl (C=O) groups is 2. The van der Waals surface area contributed by atoms with Crippen molar-refractivity contribution in [2.75, 3.05) is 13.1 Å². The molecule has 0 aliphatic heterocycles. The van der Waals surface area contributed by atoms with Crippen LogP contribution in [0.1, 0.15) is 49.7 Å². The summed E-state index contributed by atoms with van der Waals surface area (Å²) in [6.45, 7) is 0.578. The van der Waals surface area contributed by atoms with E-state index < -0.39 is 17.4 Å². The monoisotopic (exact) mass is 356 g/mol. The minimum Gasteiger partial charge on any atom is -0.388 e. The molecule has 1 aromatic carbocycles. The third-order valence-corrected chi connectivity index (χ3v) is 5.40. The second-order valence-corrected chi connectivity index (χ2v) is 7.47. The molecule has 2 amide bonds. The Balaban J connectivity index is 1.41. The van der Waals surface area contributed by atoms with Gasteiger partial charge < -0.3 is 15.7 Å². The lowest BCUT2D eigenvalue weighted by atomic mass is 9.80. The van der Waals surface area contributed by atoms with Crippen molar-refractivity contribution >= 4 is 11.8 Å².